The molecule has 2 aliphatic carbocycles. The molecule has 1 aromatic rings. The van der Waals surface area contributed by atoms with Gasteiger partial charge in [0, 0.05) is 6.07 Å². The zero-order chi connectivity index (χ0) is 24.2. The average Bonchev–Trinajstić information content (AvgIpc) is 2.85. The molecule has 0 unspecified atom stereocenters. The first-order chi connectivity index (χ1) is 16.6. The Bertz CT molecular complexity index is 714. The van der Waals surface area contributed by atoms with Crippen molar-refractivity contribution in [1.82, 2.24) is 0 Å². The van der Waals surface area contributed by atoms with Crippen molar-refractivity contribution in [3.63, 3.8) is 0 Å². The van der Waals surface area contributed by atoms with Crippen LogP contribution in [0, 0.1) is 29.5 Å². The summed E-state index contributed by atoms with van der Waals surface area (Å²) in [5.41, 5.74) is 0.759. The van der Waals surface area contributed by atoms with Crippen molar-refractivity contribution in [1.29, 1.82) is 0 Å². The van der Waals surface area contributed by atoms with E-state index >= 15 is 0 Å². The van der Waals surface area contributed by atoms with Crippen molar-refractivity contribution in [2.45, 2.75) is 129 Å². The van der Waals surface area contributed by atoms with Gasteiger partial charge in [-0.25, -0.2) is 4.39 Å². The summed E-state index contributed by atoms with van der Waals surface area (Å²) in [6, 6.07) is 5.04. The summed E-state index contributed by atoms with van der Waals surface area (Å²) in [7, 11) is 0. The lowest BCUT2D eigenvalue weighted by Gasteiger charge is -2.28. The van der Waals surface area contributed by atoms with Crippen LogP contribution in [0.5, 0.6) is 5.75 Å². The van der Waals surface area contributed by atoms with Gasteiger partial charge in [0.15, 0.2) is 0 Å². The standard InChI is InChI=1S/C31H49FO2/c1-3-5-6-7-8-10-25-16-19-28(20-17-25)31(33)34-29-22-21-27(30(32)23-29)18-15-26-13-11-24(9-4-2)12-14-26/h21-26,28H,3-20H2,1-2H3. The van der Waals surface area contributed by atoms with Crippen molar-refractivity contribution >= 4 is 5.97 Å². The summed E-state index contributed by atoms with van der Waals surface area (Å²) in [5, 5.41) is 0. The van der Waals surface area contributed by atoms with Crippen LogP contribution in [0.15, 0.2) is 18.2 Å². The number of rotatable bonds is 13. The lowest BCUT2D eigenvalue weighted by Crippen LogP contribution is -2.25. The van der Waals surface area contributed by atoms with Crippen LogP contribution in [0.4, 0.5) is 4.39 Å². The minimum Gasteiger partial charge on any atom is -0.426 e. The first kappa shape index (κ1) is 27.2. The minimum absolute atomic E-state index is 0.0260. The van der Waals surface area contributed by atoms with Gasteiger partial charge in [-0.1, -0.05) is 97.0 Å². The fourth-order valence-electron chi connectivity index (χ4n) is 6.29. The van der Waals surface area contributed by atoms with Crippen LogP contribution in [0.1, 0.15) is 129 Å². The van der Waals surface area contributed by atoms with Gasteiger partial charge in [-0.05, 0) is 67.9 Å². The van der Waals surface area contributed by atoms with Gasteiger partial charge < -0.3 is 4.74 Å². The molecule has 2 saturated carbocycles. The fraction of sp³-hybridized carbons (Fsp3) is 0.774. The number of halogens is 1. The van der Waals surface area contributed by atoms with Gasteiger partial charge in [0.25, 0.3) is 0 Å². The predicted octanol–water partition coefficient (Wildman–Crippen LogP) is 9.44. The molecule has 1 aromatic carbocycles. The largest absolute Gasteiger partial charge is 0.426 e. The second-order valence-corrected chi connectivity index (χ2v) is 11.3. The van der Waals surface area contributed by atoms with E-state index in [-0.39, 0.29) is 17.7 Å². The number of aryl methyl sites for hydroxylation is 1. The number of hydrogen-bond acceptors (Lipinski definition) is 2. The molecule has 3 rings (SSSR count). The van der Waals surface area contributed by atoms with Crippen LogP contribution in [0.2, 0.25) is 0 Å². The molecular weight excluding hydrogens is 423 g/mol. The molecule has 0 aromatic heterocycles. The van der Waals surface area contributed by atoms with Gasteiger partial charge in [-0.15, -0.1) is 0 Å². The van der Waals surface area contributed by atoms with Crippen molar-refractivity contribution in [3.8, 4) is 5.75 Å². The highest BCUT2D eigenvalue weighted by Crippen LogP contribution is 2.35. The third kappa shape index (κ3) is 9.00. The first-order valence-corrected chi connectivity index (χ1v) is 14.6. The molecule has 0 N–H and O–H groups in total. The lowest BCUT2D eigenvalue weighted by molar-refractivity contribution is -0.140. The smallest absolute Gasteiger partial charge is 0.314 e. The number of esters is 1. The number of hydrogen-bond donors (Lipinski definition) is 0. The number of unbranched alkanes of at least 4 members (excludes halogenated alkanes) is 4. The highest BCUT2D eigenvalue weighted by molar-refractivity contribution is 5.75. The van der Waals surface area contributed by atoms with Crippen molar-refractivity contribution in [3.05, 3.63) is 29.6 Å². The van der Waals surface area contributed by atoms with Crippen molar-refractivity contribution in [2.75, 3.05) is 0 Å². The van der Waals surface area contributed by atoms with Crippen molar-refractivity contribution < 1.29 is 13.9 Å². The quantitative estimate of drug-likeness (QED) is 0.162. The van der Waals surface area contributed by atoms with Crippen LogP contribution in [0.25, 0.3) is 0 Å². The van der Waals surface area contributed by atoms with E-state index in [0.29, 0.717) is 5.75 Å². The molecule has 0 saturated heterocycles. The Hall–Kier alpha value is -1.38. The summed E-state index contributed by atoms with van der Waals surface area (Å²) in [4.78, 5) is 12.7. The van der Waals surface area contributed by atoms with Gasteiger partial charge in [0.05, 0.1) is 5.92 Å². The lowest BCUT2D eigenvalue weighted by atomic mass is 9.78. The third-order valence-electron chi connectivity index (χ3n) is 8.62. The zero-order valence-electron chi connectivity index (χ0n) is 22.0. The summed E-state index contributed by atoms with van der Waals surface area (Å²) in [6.07, 6.45) is 21.8. The maximum Gasteiger partial charge on any atom is 0.314 e. The molecule has 192 valence electrons. The minimum atomic E-state index is -0.225. The maximum absolute atomic E-state index is 14.7. The van der Waals surface area contributed by atoms with E-state index in [1.54, 1.807) is 6.07 Å². The van der Waals surface area contributed by atoms with Crippen LogP contribution in [-0.2, 0) is 11.2 Å². The first-order valence-electron chi connectivity index (χ1n) is 14.6. The van der Waals surface area contributed by atoms with Crippen molar-refractivity contribution in [2.24, 2.45) is 23.7 Å². The summed E-state index contributed by atoms with van der Waals surface area (Å²) < 4.78 is 20.3. The molecule has 2 aliphatic rings. The van der Waals surface area contributed by atoms with Gasteiger partial charge in [-0.3, -0.25) is 4.79 Å². The number of carbonyl (C=O) groups excluding carboxylic acids is 1. The number of benzene rings is 1. The molecular formula is C31H49FO2. The Balaban J connectivity index is 1.36. The van der Waals surface area contributed by atoms with E-state index in [1.165, 1.54) is 83.1 Å². The molecule has 2 fully saturated rings. The van der Waals surface area contributed by atoms with Gasteiger partial charge in [0.1, 0.15) is 11.6 Å². The zero-order valence-corrected chi connectivity index (χ0v) is 22.0. The second kappa shape index (κ2) is 14.9. The highest BCUT2D eigenvalue weighted by atomic mass is 19.1. The van der Waals surface area contributed by atoms with Crippen LogP contribution in [-0.4, -0.2) is 5.97 Å². The topological polar surface area (TPSA) is 26.3 Å². The van der Waals surface area contributed by atoms with Gasteiger partial charge in [-0.2, -0.15) is 0 Å². The van der Waals surface area contributed by atoms with E-state index in [1.807, 2.05) is 6.07 Å². The molecule has 2 nitrogen and oxygen atoms in total. The summed E-state index contributed by atoms with van der Waals surface area (Å²) in [5.74, 6) is 2.36. The Morgan fingerprint density at radius 3 is 2.06 bits per heavy atom. The molecule has 0 bridgehead atoms. The third-order valence-corrected chi connectivity index (χ3v) is 8.62. The molecule has 0 amide bonds. The van der Waals surface area contributed by atoms with E-state index in [2.05, 4.69) is 13.8 Å². The Kier molecular flexibility index (Phi) is 11.9. The SMILES string of the molecule is CCCCCCCC1CCC(C(=O)Oc2ccc(CCC3CCC(CCC)CC3)c(F)c2)CC1. The highest BCUT2D eigenvalue weighted by Gasteiger charge is 2.28. The average molecular weight is 473 g/mol. The van der Waals surface area contributed by atoms with E-state index in [9.17, 15) is 9.18 Å². The van der Waals surface area contributed by atoms with Gasteiger partial charge in [0.2, 0.25) is 0 Å². The monoisotopic (exact) mass is 472 g/mol. The van der Waals surface area contributed by atoms with Gasteiger partial charge >= 0.3 is 5.97 Å². The maximum atomic E-state index is 14.7. The Morgan fingerprint density at radius 1 is 0.794 bits per heavy atom. The fourth-order valence-corrected chi connectivity index (χ4v) is 6.29. The molecule has 0 atom stereocenters. The summed E-state index contributed by atoms with van der Waals surface area (Å²) >= 11 is 0. The summed E-state index contributed by atoms with van der Waals surface area (Å²) in [6.45, 7) is 4.53. The second-order valence-electron chi connectivity index (χ2n) is 11.3. The van der Waals surface area contributed by atoms with E-state index in [0.717, 1.165) is 61.8 Å². The van der Waals surface area contributed by atoms with Crippen LogP contribution < -0.4 is 4.74 Å². The molecule has 3 heteroatoms. The molecule has 34 heavy (non-hydrogen) atoms. The molecule has 0 radical (unpaired) electrons. The van der Waals surface area contributed by atoms with E-state index in [4.69, 9.17) is 4.74 Å². The van der Waals surface area contributed by atoms with E-state index < -0.39 is 0 Å². The van der Waals surface area contributed by atoms with Crippen LogP contribution >= 0.6 is 0 Å². The normalized spacial score (nSPS) is 25.3. The molecule has 0 heterocycles. The number of carbonyl (C=O) groups is 1. The molecule has 0 aliphatic heterocycles. The Labute approximate surface area is 208 Å². The molecule has 0 spiro atoms. The van der Waals surface area contributed by atoms with Crippen LogP contribution in [0.3, 0.4) is 0 Å². The Morgan fingerprint density at radius 2 is 1.41 bits per heavy atom. The number of ether oxygens (including phenoxy) is 1. The predicted molar refractivity (Wildman–Crippen MR) is 140 cm³/mol.